The van der Waals surface area contributed by atoms with Crippen molar-refractivity contribution in [2.24, 2.45) is 0 Å². The Morgan fingerprint density at radius 2 is 2.43 bits per heavy atom. The Hall–Kier alpha value is -0.460. The first-order chi connectivity index (χ1) is 6.59. The van der Waals surface area contributed by atoms with Gasteiger partial charge >= 0.3 is 0 Å². The summed E-state index contributed by atoms with van der Waals surface area (Å²) in [4.78, 5) is 0. The van der Waals surface area contributed by atoms with E-state index < -0.39 is 10.0 Å². The van der Waals surface area contributed by atoms with Crippen molar-refractivity contribution in [2.45, 2.75) is 5.37 Å². The molecule has 0 aromatic carbocycles. The molecule has 4 nitrogen and oxygen atoms in total. The molecule has 14 heavy (non-hydrogen) atoms. The minimum Gasteiger partial charge on any atom is -0.467 e. The molecule has 2 rings (SSSR count). The smallest absolute Gasteiger partial charge is 0.212 e. The zero-order valence-corrected chi connectivity index (χ0v) is 9.35. The summed E-state index contributed by atoms with van der Waals surface area (Å²) in [6, 6.07) is 3.58. The average molecular weight is 233 g/mol. The highest BCUT2D eigenvalue weighted by atomic mass is 32.2. The highest BCUT2D eigenvalue weighted by Crippen LogP contribution is 2.39. The summed E-state index contributed by atoms with van der Waals surface area (Å²) in [7, 11) is -3.13. The topological polar surface area (TPSA) is 50.5 Å². The molecule has 0 spiro atoms. The number of sulfonamides is 1. The van der Waals surface area contributed by atoms with Gasteiger partial charge in [0.1, 0.15) is 11.1 Å². The lowest BCUT2D eigenvalue weighted by atomic mass is 10.4. The van der Waals surface area contributed by atoms with E-state index in [4.69, 9.17) is 4.42 Å². The van der Waals surface area contributed by atoms with Gasteiger partial charge in [0, 0.05) is 12.3 Å². The minimum absolute atomic E-state index is 0.181. The van der Waals surface area contributed by atoms with Gasteiger partial charge in [0.25, 0.3) is 0 Å². The van der Waals surface area contributed by atoms with Crippen molar-refractivity contribution in [1.29, 1.82) is 0 Å². The predicted octanol–water partition coefficient (Wildman–Crippen LogP) is 1.29. The Kier molecular flexibility index (Phi) is 2.59. The maximum Gasteiger partial charge on any atom is 0.212 e. The highest BCUT2D eigenvalue weighted by Gasteiger charge is 2.34. The fourth-order valence-corrected chi connectivity index (χ4v) is 4.19. The van der Waals surface area contributed by atoms with Crippen molar-refractivity contribution in [3.05, 3.63) is 24.2 Å². The van der Waals surface area contributed by atoms with Crippen LogP contribution in [0, 0.1) is 0 Å². The average Bonchev–Trinajstić information content (AvgIpc) is 2.73. The standard InChI is InChI=1S/C8H11NO3S2/c1-14(10,11)9-4-6-13-8(9)7-3-2-5-12-7/h2-3,5,8H,4,6H2,1H3/t8-/m0/s1. The number of nitrogens with zero attached hydrogens (tertiary/aromatic N) is 1. The van der Waals surface area contributed by atoms with E-state index in [1.54, 1.807) is 30.2 Å². The number of hydrogen-bond donors (Lipinski definition) is 0. The number of rotatable bonds is 2. The molecule has 1 aliphatic rings. The first-order valence-electron chi connectivity index (χ1n) is 4.21. The lowest BCUT2D eigenvalue weighted by Crippen LogP contribution is -2.29. The molecular formula is C8H11NO3S2. The van der Waals surface area contributed by atoms with Gasteiger partial charge in [-0.05, 0) is 12.1 Å². The number of hydrogen-bond acceptors (Lipinski definition) is 4. The Bertz CT molecular complexity index is 398. The van der Waals surface area contributed by atoms with Crippen LogP contribution in [0.25, 0.3) is 0 Å². The summed E-state index contributed by atoms with van der Waals surface area (Å²) >= 11 is 1.59. The Morgan fingerprint density at radius 1 is 1.64 bits per heavy atom. The molecule has 1 aromatic rings. The van der Waals surface area contributed by atoms with Crippen LogP contribution in [0.5, 0.6) is 0 Å². The quantitative estimate of drug-likeness (QED) is 0.772. The van der Waals surface area contributed by atoms with Crippen LogP contribution in [-0.2, 0) is 10.0 Å². The molecule has 2 heterocycles. The molecule has 1 atom stereocenters. The van der Waals surface area contributed by atoms with Crippen LogP contribution in [0.4, 0.5) is 0 Å². The van der Waals surface area contributed by atoms with Crippen molar-refractivity contribution in [3.8, 4) is 0 Å². The lowest BCUT2D eigenvalue weighted by Gasteiger charge is -2.18. The predicted molar refractivity (Wildman–Crippen MR) is 55.5 cm³/mol. The van der Waals surface area contributed by atoms with Gasteiger partial charge in [-0.2, -0.15) is 4.31 Å². The summed E-state index contributed by atoms with van der Waals surface area (Å²) in [5.74, 6) is 1.52. The van der Waals surface area contributed by atoms with Gasteiger partial charge in [-0.25, -0.2) is 8.42 Å². The van der Waals surface area contributed by atoms with Crippen LogP contribution in [0.2, 0.25) is 0 Å². The lowest BCUT2D eigenvalue weighted by molar-refractivity contribution is 0.385. The molecule has 0 bridgehead atoms. The normalized spacial score (nSPS) is 24.2. The maximum absolute atomic E-state index is 11.4. The van der Waals surface area contributed by atoms with E-state index in [-0.39, 0.29) is 5.37 Å². The van der Waals surface area contributed by atoms with E-state index in [1.165, 1.54) is 10.6 Å². The van der Waals surface area contributed by atoms with E-state index in [1.807, 2.05) is 0 Å². The first kappa shape index (κ1) is 10.1. The van der Waals surface area contributed by atoms with Crippen LogP contribution in [0.3, 0.4) is 0 Å². The summed E-state index contributed by atoms with van der Waals surface area (Å²) in [5.41, 5.74) is 0. The van der Waals surface area contributed by atoms with Gasteiger partial charge < -0.3 is 4.42 Å². The van der Waals surface area contributed by atoms with Crippen molar-refractivity contribution < 1.29 is 12.8 Å². The van der Waals surface area contributed by atoms with E-state index in [2.05, 4.69) is 0 Å². The third kappa shape index (κ3) is 1.82. The zero-order chi connectivity index (χ0) is 10.2. The van der Waals surface area contributed by atoms with Gasteiger partial charge in [-0.1, -0.05) is 0 Å². The Balaban J connectivity index is 2.28. The van der Waals surface area contributed by atoms with Crippen molar-refractivity contribution in [1.82, 2.24) is 4.31 Å². The molecule has 78 valence electrons. The Morgan fingerprint density at radius 3 is 3.00 bits per heavy atom. The van der Waals surface area contributed by atoms with Crippen LogP contribution >= 0.6 is 11.8 Å². The Labute approximate surface area is 87.3 Å². The second kappa shape index (κ2) is 3.60. The van der Waals surface area contributed by atoms with E-state index in [9.17, 15) is 8.42 Å². The summed E-state index contributed by atoms with van der Waals surface area (Å²) in [6.07, 6.45) is 2.80. The molecule has 1 aliphatic heterocycles. The molecule has 0 amide bonds. The number of furan rings is 1. The second-order valence-corrected chi connectivity index (χ2v) is 6.24. The molecule has 6 heteroatoms. The summed E-state index contributed by atoms with van der Waals surface area (Å²) in [6.45, 7) is 0.564. The molecule has 0 N–H and O–H groups in total. The van der Waals surface area contributed by atoms with E-state index in [0.717, 1.165) is 5.75 Å². The third-order valence-corrected chi connectivity index (χ3v) is 4.66. The number of thioether (sulfide) groups is 1. The molecule has 1 saturated heterocycles. The zero-order valence-electron chi connectivity index (χ0n) is 7.71. The van der Waals surface area contributed by atoms with Gasteiger partial charge in [0.2, 0.25) is 10.0 Å². The van der Waals surface area contributed by atoms with Crippen molar-refractivity contribution in [3.63, 3.8) is 0 Å². The van der Waals surface area contributed by atoms with Gasteiger partial charge in [0.15, 0.2) is 0 Å². The molecule has 0 aliphatic carbocycles. The van der Waals surface area contributed by atoms with Crippen molar-refractivity contribution >= 4 is 21.8 Å². The fraction of sp³-hybridized carbons (Fsp3) is 0.500. The summed E-state index contributed by atoms with van der Waals surface area (Å²) in [5, 5.41) is -0.181. The summed E-state index contributed by atoms with van der Waals surface area (Å²) < 4.78 is 29.5. The van der Waals surface area contributed by atoms with Crippen LogP contribution < -0.4 is 0 Å². The van der Waals surface area contributed by atoms with Crippen LogP contribution in [-0.4, -0.2) is 31.3 Å². The van der Waals surface area contributed by atoms with Gasteiger partial charge in [-0.15, -0.1) is 11.8 Å². The monoisotopic (exact) mass is 233 g/mol. The molecular weight excluding hydrogens is 222 g/mol. The maximum atomic E-state index is 11.4. The molecule has 1 aromatic heterocycles. The first-order valence-corrected chi connectivity index (χ1v) is 7.10. The highest BCUT2D eigenvalue weighted by molar-refractivity contribution is 8.00. The fourth-order valence-electron chi connectivity index (χ4n) is 1.45. The van der Waals surface area contributed by atoms with Gasteiger partial charge in [-0.3, -0.25) is 0 Å². The molecule has 0 saturated carbocycles. The van der Waals surface area contributed by atoms with Crippen LogP contribution in [0.15, 0.2) is 22.8 Å². The van der Waals surface area contributed by atoms with E-state index in [0.29, 0.717) is 12.3 Å². The van der Waals surface area contributed by atoms with Crippen molar-refractivity contribution in [2.75, 3.05) is 18.6 Å². The SMILES string of the molecule is CS(=O)(=O)N1CCS[C@H]1c1ccco1. The molecule has 0 radical (unpaired) electrons. The van der Waals surface area contributed by atoms with Crippen LogP contribution in [0.1, 0.15) is 11.1 Å². The third-order valence-electron chi connectivity index (χ3n) is 2.06. The molecule has 1 fully saturated rings. The molecule has 0 unspecified atom stereocenters. The van der Waals surface area contributed by atoms with Gasteiger partial charge in [0.05, 0.1) is 12.5 Å². The van der Waals surface area contributed by atoms with E-state index >= 15 is 0 Å². The second-order valence-electron chi connectivity index (χ2n) is 3.11. The largest absolute Gasteiger partial charge is 0.467 e. The minimum atomic E-state index is -3.13.